The second-order valence-electron chi connectivity index (χ2n) is 8.48. The van der Waals surface area contributed by atoms with Gasteiger partial charge in [0.25, 0.3) is 0 Å². The number of imidazole rings is 1. The van der Waals surface area contributed by atoms with Gasteiger partial charge in [-0.1, -0.05) is 38.1 Å². The molecule has 1 fully saturated rings. The van der Waals surface area contributed by atoms with Crippen LogP contribution in [-0.4, -0.2) is 59.8 Å². The zero-order chi connectivity index (χ0) is 22.1. The van der Waals surface area contributed by atoms with E-state index in [1.807, 2.05) is 0 Å². The summed E-state index contributed by atoms with van der Waals surface area (Å²) in [6.45, 7) is 6.07. The summed E-state index contributed by atoms with van der Waals surface area (Å²) in [6, 6.07) is 8.53. The summed E-state index contributed by atoms with van der Waals surface area (Å²) in [6.07, 6.45) is -0.192. The number of anilines is 1. The van der Waals surface area contributed by atoms with Crippen LogP contribution in [0.1, 0.15) is 44.2 Å². The number of ether oxygens (including phenoxy) is 1. The lowest BCUT2D eigenvalue weighted by Gasteiger charge is -2.17. The first-order valence-corrected chi connectivity index (χ1v) is 10.5. The van der Waals surface area contributed by atoms with Gasteiger partial charge in [0.05, 0.1) is 19.0 Å². The Morgan fingerprint density at radius 1 is 1.06 bits per heavy atom. The van der Waals surface area contributed by atoms with Gasteiger partial charge in [0.2, 0.25) is 0 Å². The van der Waals surface area contributed by atoms with E-state index in [-0.39, 0.29) is 6.04 Å². The molecule has 1 aromatic carbocycles. The Balaban J connectivity index is 1.56. The van der Waals surface area contributed by atoms with E-state index in [1.54, 1.807) is 4.57 Å². The van der Waals surface area contributed by atoms with Crippen molar-refractivity contribution in [1.82, 2.24) is 19.5 Å². The Labute approximate surface area is 180 Å². The molecule has 3 aromatic rings. The molecule has 4 rings (SSSR count). The number of nitrogens with one attached hydrogen (secondary N) is 1. The van der Waals surface area contributed by atoms with Crippen LogP contribution in [0.2, 0.25) is 0 Å². The Morgan fingerprint density at radius 2 is 1.81 bits per heavy atom. The lowest BCUT2D eigenvalue weighted by atomic mass is 10.00. The smallest absolute Gasteiger partial charge is 0.167 e. The molecule has 9 heteroatoms. The Bertz CT molecular complexity index is 1020. The van der Waals surface area contributed by atoms with Crippen LogP contribution in [0.3, 0.4) is 0 Å². The van der Waals surface area contributed by atoms with Crippen molar-refractivity contribution in [3.05, 3.63) is 48.0 Å². The van der Waals surface area contributed by atoms with Crippen LogP contribution in [0.15, 0.2) is 36.9 Å². The maximum absolute atomic E-state index is 10.3. The van der Waals surface area contributed by atoms with Crippen molar-refractivity contribution in [1.29, 1.82) is 0 Å². The number of fused-ring (bicyclic) bond motifs is 1. The minimum atomic E-state index is -1.20. The van der Waals surface area contributed by atoms with E-state index in [9.17, 15) is 15.3 Å². The van der Waals surface area contributed by atoms with Crippen LogP contribution in [0, 0.1) is 5.92 Å². The van der Waals surface area contributed by atoms with Crippen LogP contribution in [0.25, 0.3) is 11.2 Å². The molecule has 5 atom stereocenters. The fraction of sp³-hybridized carbons (Fsp3) is 0.500. The molecule has 4 N–H and O–H groups in total. The maximum Gasteiger partial charge on any atom is 0.167 e. The standard InChI is InChI=1S/C22H29N5O4/c1-12(2)8-14-4-6-15(7-5-14)13(3)26-20-17-21(24-10-23-20)27(11-25-17)22-19(30)18(29)16(9-28)31-22/h4-7,10-13,16,18-19,22,28-30H,8-9H2,1-3H3,(H,23,24,26). The summed E-state index contributed by atoms with van der Waals surface area (Å²) in [7, 11) is 0. The quantitative estimate of drug-likeness (QED) is 0.450. The van der Waals surface area contributed by atoms with Crippen molar-refractivity contribution in [2.75, 3.05) is 11.9 Å². The number of nitrogens with zero attached hydrogens (tertiary/aromatic N) is 4. The van der Waals surface area contributed by atoms with Gasteiger partial charge in [0, 0.05) is 0 Å². The number of aromatic nitrogens is 4. The van der Waals surface area contributed by atoms with Crippen LogP contribution < -0.4 is 5.32 Å². The topological polar surface area (TPSA) is 126 Å². The number of hydrogen-bond acceptors (Lipinski definition) is 8. The number of aliphatic hydroxyl groups excluding tert-OH is 3. The molecule has 2 aromatic heterocycles. The lowest BCUT2D eigenvalue weighted by molar-refractivity contribution is -0.0511. The first kappa shape index (κ1) is 21.6. The number of benzene rings is 1. The van der Waals surface area contributed by atoms with Crippen molar-refractivity contribution >= 4 is 17.0 Å². The molecule has 0 radical (unpaired) electrons. The summed E-state index contributed by atoms with van der Waals surface area (Å²) in [5, 5.41) is 33.1. The van der Waals surface area contributed by atoms with Crippen molar-refractivity contribution in [2.24, 2.45) is 5.92 Å². The van der Waals surface area contributed by atoms with Crippen molar-refractivity contribution in [2.45, 2.75) is 57.8 Å². The predicted octanol–water partition coefficient (Wildman–Crippen LogP) is 1.81. The highest BCUT2D eigenvalue weighted by molar-refractivity contribution is 5.82. The third kappa shape index (κ3) is 4.27. The van der Waals surface area contributed by atoms with Gasteiger partial charge in [-0.25, -0.2) is 15.0 Å². The number of aliphatic hydroxyl groups is 3. The summed E-state index contributed by atoms with van der Waals surface area (Å²) in [5.74, 6) is 1.18. The third-order valence-electron chi connectivity index (χ3n) is 5.63. The minimum Gasteiger partial charge on any atom is -0.394 e. The van der Waals surface area contributed by atoms with Crippen molar-refractivity contribution < 1.29 is 20.1 Å². The zero-order valence-electron chi connectivity index (χ0n) is 17.9. The van der Waals surface area contributed by atoms with Gasteiger partial charge >= 0.3 is 0 Å². The minimum absolute atomic E-state index is 0.00902. The number of hydrogen-bond donors (Lipinski definition) is 4. The van der Waals surface area contributed by atoms with E-state index in [0.29, 0.717) is 22.9 Å². The molecule has 0 saturated carbocycles. The highest BCUT2D eigenvalue weighted by Gasteiger charge is 2.44. The molecule has 0 aliphatic carbocycles. The van der Waals surface area contributed by atoms with Gasteiger partial charge < -0.3 is 25.4 Å². The van der Waals surface area contributed by atoms with Crippen molar-refractivity contribution in [3.8, 4) is 0 Å². The van der Waals surface area contributed by atoms with Crippen molar-refractivity contribution in [3.63, 3.8) is 0 Å². The second-order valence-corrected chi connectivity index (χ2v) is 8.48. The van der Waals surface area contributed by atoms with Crippen LogP contribution in [-0.2, 0) is 11.2 Å². The average Bonchev–Trinajstić information content (AvgIpc) is 3.30. The fourth-order valence-electron chi connectivity index (χ4n) is 3.96. The largest absolute Gasteiger partial charge is 0.394 e. The Hall–Kier alpha value is -2.59. The van der Waals surface area contributed by atoms with Crippen LogP contribution in [0.4, 0.5) is 5.82 Å². The molecular formula is C22H29N5O4. The van der Waals surface area contributed by atoms with E-state index in [1.165, 1.54) is 18.2 Å². The van der Waals surface area contributed by atoms with Gasteiger partial charge in [-0.3, -0.25) is 4.57 Å². The Morgan fingerprint density at radius 3 is 2.45 bits per heavy atom. The maximum atomic E-state index is 10.3. The van der Waals surface area contributed by atoms with Gasteiger partial charge in [0.15, 0.2) is 23.2 Å². The fourth-order valence-corrected chi connectivity index (χ4v) is 3.96. The number of rotatable bonds is 7. The molecule has 166 valence electrons. The predicted molar refractivity (Wildman–Crippen MR) is 115 cm³/mol. The Kier molecular flexibility index (Phi) is 6.19. The molecule has 0 spiro atoms. The molecule has 5 unspecified atom stereocenters. The molecule has 9 nitrogen and oxygen atoms in total. The van der Waals surface area contributed by atoms with Gasteiger partial charge in [-0.15, -0.1) is 0 Å². The first-order chi connectivity index (χ1) is 14.9. The third-order valence-corrected chi connectivity index (χ3v) is 5.63. The lowest BCUT2D eigenvalue weighted by Crippen LogP contribution is -2.33. The van der Waals surface area contributed by atoms with Gasteiger partial charge in [-0.05, 0) is 30.4 Å². The highest BCUT2D eigenvalue weighted by atomic mass is 16.6. The molecule has 0 amide bonds. The van der Waals surface area contributed by atoms with E-state index >= 15 is 0 Å². The normalized spacial score (nSPS) is 24.7. The molecule has 1 saturated heterocycles. The van der Waals surface area contributed by atoms with E-state index < -0.39 is 31.1 Å². The summed E-state index contributed by atoms with van der Waals surface area (Å²) in [4.78, 5) is 13.0. The van der Waals surface area contributed by atoms with Gasteiger partial charge in [0.1, 0.15) is 24.6 Å². The summed E-state index contributed by atoms with van der Waals surface area (Å²) in [5.41, 5.74) is 3.44. The SMILES string of the molecule is CC(C)Cc1ccc(C(C)Nc2ncnc3c2ncn3C2OC(CO)C(O)C2O)cc1. The van der Waals surface area contributed by atoms with Gasteiger partial charge in [-0.2, -0.15) is 0 Å². The van der Waals surface area contributed by atoms with Crippen LogP contribution in [0.5, 0.6) is 0 Å². The van der Waals surface area contributed by atoms with Crippen LogP contribution >= 0.6 is 0 Å². The molecule has 1 aliphatic rings. The molecule has 31 heavy (non-hydrogen) atoms. The molecule has 3 heterocycles. The van der Waals surface area contributed by atoms with E-state index in [4.69, 9.17) is 4.74 Å². The summed E-state index contributed by atoms with van der Waals surface area (Å²) >= 11 is 0. The molecule has 1 aliphatic heterocycles. The molecule has 0 bridgehead atoms. The highest BCUT2D eigenvalue weighted by Crippen LogP contribution is 2.32. The van der Waals surface area contributed by atoms with E-state index in [0.717, 1.165) is 12.0 Å². The average molecular weight is 428 g/mol. The molecular weight excluding hydrogens is 398 g/mol. The van der Waals surface area contributed by atoms with E-state index in [2.05, 4.69) is 65.3 Å². The zero-order valence-corrected chi connectivity index (χ0v) is 17.9. The summed E-state index contributed by atoms with van der Waals surface area (Å²) < 4.78 is 7.16. The second kappa shape index (κ2) is 8.88. The monoisotopic (exact) mass is 427 g/mol. The first-order valence-electron chi connectivity index (χ1n) is 10.5.